The van der Waals surface area contributed by atoms with Gasteiger partial charge in [-0.25, -0.2) is 8.42 Å². The molecule has 254 valence electrons. The predicted octanol–water partition coefficient (Wildman–Crippen LogP) is 8.63. The summed E-state index contributed by atoms with van der Waals surface area (Å²) >= 11 is 13.0. The van der Waals surface area contributed by atoms with Crippen LogP contribution in [0.15, 0.2) is 120 Å². The first-order valence-corrected chi connectivity index (χ1v) is 18.7. The van der Waals surface area contributed by atoms with Crippen LogP contribution in [0.1, 0.15) is 51.1 Å². The minimum Gasteiger partial charge on any atom is -0.495 e. The molecule has 10 heteroatoms. The number of rotatable bonds is 7. The van der Waals surface area contributed by atoms with E-state index in [1.807, 2.05) is 54.7 Å². The van der Waals surface area contributed by atoms with Gasteiger partial charge in [-0.1, -0.05) is 83.4 Å². The van der Waals surface area contributed by atoms with Gasteiger partial charge in [-0.2, -0.15) is 0 Å². The second-order valence-electron chi connectivity index (χ2n) is 12.4. The molecule has 1 aromatic heterocycles. The van der Waals surface area contributed by atoms with Gasteiger partial charge in [0.25, 0.3) is 15.9 Å². The summed E-state index contributed by atoms with van der Waals surface area (Å²) in [5.74, 6) is 0.145. The zero-order valence-corrected chi connectivity index (χ0v) is 29.8. The minimum absolute atomic E-state index is 0.0264. The largest absolute Gasteiger partial charge is 0.495 e. The Balaban J connectivity index is 1.19. The maximum atomic E-state index is 14.5. The number of sulfonamides is 1. The van der Waals surface area contributed by atoms with Crippen LogP contribution in [0.25, 0.3) is 5.57 Å². The Morgan fingerprint density at radius 2 is 1.58 bits per heavy atom. The van der Waals surface area contributed by atoms with Gasteiger partial charge in [0.1, 0.15) is 10.6 Å². The number of aryl methyl sites for hydroxylation is 2. The number of anilines is 1. The first-order valence-electron chi connectivity index (χ1n) is 16.5. The van der Waals surface area contributed by atoms with Crippen LogP contribution in [0.5, 0.6) is 5.75 Å². The summed E-state index contributed by atoms with van der Waals surface area (Å²) < 4.78 is 35.8. The van der Waals surface area contributed by atoms with Crippen molar-refractivity contribution < 1.29 is 17.9 Å². The number of hydrogen-bond acceptors (Lipinski definition) is 5. The Morgan fingerprint density at radius 1 is 0.840 bits per heavy atom. The van der Waals surface area contributed by atoms with Crippen molar-refractivity contribution in [1.82, 2.24) is 9.88 Å². The summed E-state index contributed by atoms with van der Waals surface area (Å²) in [5, 5.41) is 0.737. The van der Waals surface area contributed by atoms with Gasteiger partial charge in [0.05, 0.1) is 30.1 Å². The Hall–Kier alpha value is -4.63. The molecular weight excluding hydrogens is 689 g/mol. The Bertz CT molecular complexity index is 2210. The van der Waals surface area contributed by atoms with Gasteiger partial charge in [0, 0.05) is 35.4 Å². The third-order valence-corrected chi connectivity index (χ3v) is 11.9. The third-order valence-electron chi connectivity index (χ3n) is 9.41. The molecule has 7 rings (SSSR count). The van der Waals surface area contributed by atoms with Gasteiger partial charge >= 0.3 is 0 Å². The molecular formula is C40H35Cl2N3O4S. The van der Waals surface area contributed by atoms with Gasteiger partial charge < -0.3 is 9.64 Å². The summed E-state index contributed by atoms with van der Waals surface area (Å²) in [6.45, 7) is 0.999. The van der Waals surface area contributed by atoms with Crippen molar-refractivity contribution >= 4 is 50.4 Å². The lowest BCUT2D eigenvalue weighted by Crippen LogP contribution is -2.37. The van der Waals surface area contributed by atoms with Crippen LogP contribution in [0.3, 0.4) is 0 Å². The zero-order valence-electron chi connectivity index (χ0n) is 27.5. The SMILES string of the molecule is COc1ccccc1N(Cc1ccccc1)S(=O)(=O)c1cc(C(=O)N2CCC(=C3c4ccc(Cl)cc4CCc4cccnc43)CC2)ccc1Cl. The molecule has 2 aliphatic rings. The molecule has 4 aromatic carbocycles. The van der Waals surface area contributed by atoms with Gasteiger partial charge in [0.2, 0.25) is 0 Å². The maximum Gasteiger partial charge on any atom is 0.266 e. The average molecular weight is 725 g/mol. The number of methoxy groups -OCH3 is 1. The molecule has 1 saturated heterocycles. The van der Waals surface area contributed by atoms with Crippen molar-refractivity contribution in [2.24, 2.45) is 0 Å². The highest BCUT2D eigenvalue weighted by molar-refractivity contribution is 7.93. The molecule has 50 heavy (non-hydrogen) atoms. The van der Waals surface area contributed by atoms with Crippen LogP contribution in [0.4, 0.5) is 5.69 Å². The lowest BCUT2D eigenvalue weighted by atomic mass is 9.88. The molecule has 0 N–H and O–H groups in total. The van der Waals surface area contributed by atoms with E-state index in [1.165, 1.54) is 40.2 Å². The van der Waals surface area contributed by atoms with E-state index < -0.39 is 10.0 Å². The number of amides is 1. The van der Waals surface area contributed by atoms with Gasteiger partial charge in [0.15, 0.2) is 0 Å². The molecule has 0 atom stereocenters. The molecule has 2 heterocycles. The third kappa shape index (κ3) is 6.63. The molecule has 1 amide bonds. The van der Waals surface area contributed by atoms with Crippen LogP contribution in [-0.2, 0) is 29.4 Å². The first-order chi connectivity index (χ1) is 24.2. The second-order valence-corrected chi connectivity index (χ2v) is 15.1. The van der Waals surface area contributed by atoms with Gasteiger partial charge in [-0.3, -0.25) is 14.1 Å². The number of nitrogens with zero attached hydrogens (tertiary/aromatic N) is 3. The zero-order chi connectivity index (χ0) is 34.8. The van der Waals surface area contributed by atoms with Crippen molar-refractivity contribution in [2.45, 2.75) is 37.1 Å². The fraction of sp³-hybridized carbons (Fsp3) is 0.200. The van der Waals surface area contributed by atoms with E-state index in [-0.39, 0.29) is 27.9 Å². The minimum atomic E-state index is -4.26. The fourth-order valence-electron chi connectivity index (χ4n) is 6.88. The van der Waals surface area contributed by atoms with Crippen LogP contribution < -0.4 is 9.04 Å². The average Bonchev–Trinajstić information content (AvgIpc) is 3.30. The molecule has 1 aliphatic heterocycles. The first kappa shape index (κ1) is 33.8. The van der Waals surface area contributed by atoms with Crippen LogP contribution in [-0.4, -0.2) is 44.4 Å². The smallest absolute Gasteiger partial charge is 0.266 e. The van der Waals surface area contributed by atoms with E-state index in [1.54, 1.807) is 35.2 Å². The van der Waals surface area contributed by atoms with E-state index in [4.69, 9.17) is 32.9 Å². The Kier molecular flexibility index (Phi) is 9.69. The number of benzene rings is 4. The topological polar surface area (TPSA) is 79.8 Å². The Labute approximate surface area is 302 Å². The predicted molar refractivity (Wildman–Crippen MR) is 199 cm³/mol. The maximum absolute atomic E-state index is 14.5. The summed E-state index contributed by atoms with van der Waals surface area (Å²) in [4.78, 5) is 20.5. The Morgan fingerprint density at radius 3 is 2.36 bits per heavy atom. The van der Waals surface area contributed by atoms with Crippen molar-refractivity contribution in [1.29, 1.82) is 0 Å². The number of fused-ring (bicyclic) bond motifs is 2. The lowest BCUT2D eigenvalue weighted by molar-refractivity contribution is 0.0743. The van der Waals surface area contributed by atoms with Crippen LogP contribution >= 0.6 is 23.2 Å². The molecule has 0 saturated carbocycles. The molecule has 7 nitrogen and oxygen atoms in total. The number of pyridine rings is 1. The van der Waals surface area contributed by atoms with Crippen molar-refractivity contribution in [3.05, 3.63) is 158 Å². The van der Waals surface area contributed by atoms with Gasteiger partial charge in [-0.05, 0) is 96.5 Å². The number of aromatic nitrogens is 1. The second kappa shape index (κ2) is 14.3. The number of hydrogen-bond donors (Lipinski definition) is 0. The number of para-hydroxylation sites is 2. The van der Waals surface area contributed by atoms with Crippen molar-refractivity contribution in [3.63, 3.8) is 0 Å². The quantitative estimate of drug-likeness (QED) is 0.168. The number of likely N-dealkylation sites (tertiary alicyclic amines) is 1. The van der Waals surface area contributed by atoms with Crippen molar-refractivity contribution in [2.75, 3.05) is 24.5 Å². The normalized spacial score (nSPS) is 14.4. The lowest BCUT2D eigenvalue weighted by Gasteiger charge is -2.31. The summed E-state index contributed by atoms with van der Waals surface area (Å²) in [7, 11) is -2.76. The number of halogens is 2. The summed E-state index contributed by atoms with van der Waals surface area (Å²) in [6, 6.07) is 30.9. The number of ether oxygens (including phenoxy) is 1. The van der Waals surface area contributed by atoms with E-state index in [2.05, 4.69) is 12.1 Å². The highest BCUT2D eigenvalue weighted by Gasteiger charge is 2.32. The standard InChI is InChI=1S/C40H35Cl2N3O4S/c1-49-36-12-6-5-11-35(36)45(26-27-8-3-2-4-9-27)50(47,48)37-25-31(15-18-34(37)42)40(46)44-22-19-28(20-23-44)38-33-17-16-32(41)24-30(33)14-13-29-10-7-21-43-39(29)38/h2-12,15-18,21,24-25H,13-14,19-20,22-23,26H2,1H3. The molecule has 0 bridgehead atoms. The molecule has 5 aromatic rings. The van der Waals surface area contributed by atoms with Gasteiger partial charge in [-0.15, -0.1) is 0 Å². The van der Waals surface area contributed by atoms with Crippen LogP contribution in [0, 0.1) is 0 Å². The van der Waals surface area contributed by atoms with E-state index >= 15 is 0 Å². The highest BCUT2D eigenvalue weighted by Crippen LogP contribution is 2.39. The monoisotopic (exact) mass is 723 g/mol. The molecule has 1 aliphatic carbocycles. The number of carbonyl (C=O) groups is 1. The fourth-order valence-corrected chi connectivity index (χ4v) is 9.04. The highest BCUT2D eigenvalue weighted by atomic mass is 35.5. The van der Waals surface area contributed by atoms with E-state index in [0.717, 1.165) is 35.2 Å². The number of carbonyl (C=O) groups excluding carboxylic acids is 1. The molecule has 0 spiro atoms. The van der Waals surface area contributed by atoms with Crippen molar-refractivity contribution in [3.8, 4) is 5.75 Å². The summed E-state index contributed by atoms with van der Waals surface area (Å²) in [6.07, 6.45) is 4.91. The molecule has 0 unspecified atom stereocenters. The molecule has 1 fully saturated rings. The van der Waals surface area contributed by atoms with E-state index in [0.29, 0.717) is 42.4 Å². The number of piperidine rings is 1. The summed E-state index contributed by atoms with van der Waals surface area (Å²) in [5.41, 5.74) is 8.30. The molecule has 0 radical (unpaired) electrons. The van der Waals surface area contributed by atoms with Crippen LogP contribution in [0.2, 0.25) is 10.0 Å². The van der Waals surface area contributed by atoms with E-state index in [9.17, 15) is 13.2 Å².